The average molecular weight is 350 g/mol. The van der Waals surface area contributed by atoms with E-state index in [0.717, 1.165) is 5.25 Å². The lowest BCUT2D eigenvalue weighted by molar-refractivity contribution is 0.555. The Hall–Kier alpha value is -0.430. The third-order valence-electron chi connectivity index (χ3n) is 4.87. The van der Waals surface area contributed by atoms with Gasteiger partial charge >= 0.3 is 0 Å². The maximum absolute atomic E-state index is 2.41. The third-order valence-corrected chi connectivity index (χ3v) is 7.72. The van der Waals surface area contributed by atoms with Crippen molar-refractivity contribution in [1.29, 1.82) is 0 Å². The van der Waals surface area contributed by atoms with E-state index in [-0.39, 0.29) is 0 Å². The second-order valence-electron chi connectivity index (χ2n) is 7.46. The molecule has 1 heteroatoms. The molecule has 0 aliphatic carbocycles. The summed E-state index contributed by atoms with van der Waals surface area (Å²) in [7, 11) is 0.559. The second kappa shape index (κ2) is 14.9. The van der Waals surface area contributed by atoms with Gasteiger partial charge in [0, 0.05) is 5.56 Å². The largest absolute Gasteiger partial charge is 0.133 e. The SMILES string of the molecule is CCCCCCCCCCCCC[S+](Cc1ccccc1)C(C)C. The average Bonchev–Trinajstić information content (AvgIpc) is 2.59. The molecule has 0 aliphatic heterocycles. The van der Waals surface area contributed by atoms with Gasteiger partial charge in [0.1, 0.15) is 16.8 Å². The van der Waals surface area contributed by atoms with Gasteiger partial charge in [-0.15, -0.1) is 0 Å². The van der Waals surface area contributed by atoms with E-state index < -0.39 is 0 Å². The summed E-state index contributed by atoms with van der Waals surface area (Å²) in [6, 6.07) is 11.1. The highest BCUT2D eigenvalue weighted by Gasteiger charge is 2.22. The summed E-state index contributed by atoms with van der Waals surface area (Å²) in [5.41, 5.74) is 1.53. The Morgan fingerprint density at radius 2 is 1.21 bits per heavy atom. The van der Waals surface area contributed by atoms with Gasteiger partial charge < -0.3 is 0 Å². The molecule has 0 radical (unpaired) electrons. The molecule has 138 valence electrons. The summed E-state index contributed by atoms with van der Waals surface area (Å²) in [6.45, 7) is 7.11. The monoisotopic (exact) mass is 349 g/mol. The summed E-state index contributed by atoms with van der Waals surface area (Å²) < 4.78 is 0. The molecule has 0 bridgehead atoms. The van der Waals surface area contributed by atoms with Crippen LogP contribution in [-0.2, 0) is 16.6 Å². The van der Waals surface area contributed by atoms with Gasteiger partial charge in [0.15, 0.2) is 0 Å². The third kappa shape index (κ3) is 11.2. The van der Waals surface area contributed by atoms with Gasteiger partial charge in [0.25, 0.3) is 0 Å². The molecule has 1 aromatic rings. The molecule has 1 rings (SSSR count). The summed E-state index contributed by atoms with van der Waals surface area (Å²) in [6.07, 6.45) is 15.9. The van der Waals surface area contributed by atoms with Gasteiger partial charge in [-0.1, -0.05) is 95.0 Å². The fourth-order valence-corrected chi connectivity index (χ4v) is 5.36. The number of rotatable bonds is 15. The quantitative estimate of drug-likeness (QED) is 0.227. The van der Waals surface area contributed by atoms with E-state index in [0.29, 0.717) is 10.9 Å². The first kappa shape index (κ1) is 21.6. The normalized spacial score (nSPS) is 12.7. The van der Waals surface area contributed by atoms with E-state index in [1.807, 2.05) is 0 Å². The lowest BCUT2D eigenvalue weighted by Gasteiger charge is -2.12. The minimum atomic E-state index is 0.559. The van der Waals surface area contributed by atoms with Crippen LogP contribution in [0.4, 0.5) is 0 Å². The highest BCUT2D eigenvalue weighted by atomic mass is 32.2. The molecule has 0 aliphatic rings. The lowest BCUT2D eigenvalue weighted by Crippen LogP contribution is -2.21. The molecule has 0 amide bonds. The van der Waals surface area contributed by atoms with E-state index in [4.69, 9.17) is 0 Å². The zero-order chi connectivity index (χ0) is 17.5. The van der Waals surface area contributed by atoms with Crippen molar-refractivity contribution in [1.82, 2.24) is 0 Å². The van der Waals surface area contributed by atoms with Crippen LogP contribution >= 0.6 is 0 Å². The first-order valence-corrected chi connectivity index (χ1v) is 12.1. The minimum Gasteiger partial charge on any atom is -0.0654 e. The Balaban J connectivity index is 2.01. The van der Waals surface area contributed by atoms with Crippen molar-refractivity contribution in [2.75, 3.05) is 5.75 Å². The highest BCUT2D eigenvalue weighted by molar-refractivity contribution is 7.96. The number of unbranched alkanes of at least 4 members (excludes halogenated alkanes) is 10. The minimum absolute atomic E-state index is 0.559. The maximum atomic E-state index is 2.41. The standard InChI is InChI=1S/C23H41S/c1-4-5-6-7-8-9-10-11-12-13-17-20-24(22(2)3)21-23-18-15-14-16-19-23/h14-16,18-19,22H,4-13,17,20-21H2,1-3H3/q+1. The van der Waals surface area contributed by atoms with E-state index in [1.54, 1.807) is 0 Å². The highest BCUT2D eigenvalue weighted by Crippen LogP contribution is 2.17. The molecule has 0 fully saturated rings. The molecule has 1 unspecified atom stereocenters. The summed E-state index contributed by atoms with van der Waals surface area (Å²) >= 11 is 0. The Kier molecular flexibility index (Phi) is 13.4. The van der Waals surface area contributed by atoms with Crippen LogP contribution in [0.5, 0.6) is 0 Å². The first-order chi connectivity index (χ1) is 11.7. The van der Waals surface area contributed by atoms with Crippen LogP contribution < -0.4 is 0 Å². The van der Waals surface area contributed by atoms with Crippen molar-refractivity contribution in [3.8, 4) is 0 Å². The topological polar surface area (TPSA) is 0 Å². The van der Waals surface area contributed by atoms with Crippen LogP contribution in [0.25, 0.3) is 0 Å². The predicted molar refractivity (Wildman–Crippen MR) is 114 cm³/mol. The van der Waals surface area contributed by atoms with Crippen molar-refractivity contribution in [3.63, 3.8) is 0 Å². The van der Waals surface area contributed by atoms with Crippen molar-refractivity contribution in [3.05, 3.63) is 35.9 Å². The molecule has 0 nitrogen and oxygen atoms in total. The van der Waals surface area contributed by atoms with Crippen LogP contribution in [0.1, 0.15) is 97.0 Å². The number of hydrogen-bond acceptors (Lipinski definition) is 0. The van der Waals surface area contributed by atoms with Gasteiger partial charge in [-0.2, -0.15) is 0 Å². The molecule has 0 saturated carbocycles. The molecular formula is C23H41S+. The summed E-state index contributed by atoms with van der Waals surface area (Å²) in [5.74, 6) is 2.72. The lowest BCUT2D eigenvalue weighted by atomic mass is 10.1. The van der Waals surface area contributed by atoms with Crippen molar-refractivity contribution in [2.45, 2.75) is 102 Å². The van der Waals surface area contributed by atoms with Gasteiger partial charge in [0.2, 0.25) is 0 Å². The molecule has 0 heterocycles. The van der Waals surface area contributed by atoms with E-state index in [2.05, 4.69) is 51.1 Å². The summed E-state index contributed by atoms with van der Waals surface area (Å²) in [4.78, 5) is 0. The first-order valence-electron chi connectivity index (χ1n) is 10.4. The molecule has 1 aromatic carbocycles. The zero-order valence-electron chi connectivity index (χ0n) is 16.6. The Bertz CT molecular complexity index is 371. The zero-order valence-corrected chi connectivity index (χ0v) is 17.4. The van der Waals surface area contributed by atoms with Gasteiger partial charge in [-0.3, -0.25) is 0 Å². The molecular weight excluding hydrogens is 308 g/mol. The van der Waals surface area contributed by atoms with Crippen molar-refractivity contribution in [2.24, 2.45) is 0 Å². The molecule has 1 atom stereocenters. The van der Waals surface area contributed by atoms with Crippen LogP contribution in [0.2, 0.25) is 0 Å². The van der Waals surface area contributed by atoms with Crippen molar-refractivity contribution < 1.29 is 0 Å². The fraction of sp³-hybridized carbons (Fsp3) is 0.739. The van der Waals surface area contributed by atoms with Gasteiger partial charge in [-0.05, 0) is 37.6 Å². The van der Waals surface area contributed by atoms with Crippen LogP contribution in [-0.4, -0.2) is 11.0 Å². The van der Waals surface area contributed by atoms with Gasteiger partial charge in [-0.25, -0.2) is 0 Å². The van der Waals surface area contributed by atoms with Crippen LogP contribution in [0.3, 0.4) is 0 Å². The van der Waals surface area contributed by atoms with E-state index in [1.165, 1.54) is 87.7 Å². The molecule has 0 aromatic heterocycles. The second-order valence-corrected chi connectivity index (χ2v) is 10.2. The smallest absolute Gasteiger partial charge is 0.0654 e. The summed E-state index contributed by atoms with van der Waals surface area (Å²) in [5, 5.41) is 0.827. The molecule has 24 heavy (non-hydrogen) atoms. The molecule has 0 N–H and O–H groups in total. The Morgan fingerprint density at radius 1 is 0.708 bits per heavy atom. The molecule has 0 saturated heterocycles. The Morgan fingerprint density at radius 3 is 1.71 bits per heavy atom. The van der Waals surface area contributed by atoms with Crippen molar-refractivity contribution >= 4 is 10.9 Å². The molecule has 0 spiro atoms. The Labute approximate surface area is 155 Å². The predicted octanol–water partition coefficient (Wildman–Crippen LogP) is 7.52. The van der Waals surface area contributed by atoms with E-state index in [9.17, 15) is 0 Å². The van der Waals surface area contributed by atoms with E-state index >= 15 is 0 Å². The fourth-order valence-electron chi connectivity index (χ4n) is 3.21. The van der Waals surface area contributed by atoms with Crippen LogP contribution in [0, 0.1) is 0 Å². The number of benzene rings is 1. The maximum Gasteiger partial charge on any atom is 0.133 e. The number of hydrogen-bond donors (Lipinski definition) is 0. The van der Waals surface area contributed by atoms with Gasteiger partial charge in [0.05, 0.1) is 0 Å². The van der Waals surface area contributed by atoms with Crippen LogP contribution in [0.15, 0.2) is 30.3 Å².